The highest BCUT2D eigenvalue weighted by atomic mass is 15.2. The molecule has 0 amide bonds. The van der Waals surface area contributed by atoms with Crippen LogP contribution in [-0.4, -0.2) is 36.1 Å². The van der Waals surface area contributed by atoms with Crippen LogP contribution in [0, 0.1) is 6.92 Å². The monoisotopic (exact) mass is 220 g/mol. The summed E-state index contributed by atoms with van der Waals surface area (Å²) < 4.78 is 0. The van der Waals surface area contributed by atoms with E-state index >= 15 is 0 Å². The summed E-state index contributed by atoms with van der Waals surface area (Å²) in [6, 6.07) is 2.55. The van der Waals surface area contributed by atoms with Gasteiger partial charge in [-0.15, -0.1) is 0 Å². The first-order chi connectivity index (χ1) is 7.68. The van der Waals surface area contributed by atoms with E-state index in [0.29, 0.717) is 6.04 Å². The number of aromatic nitrogens is 1. The van der Waals surface area contributed by atoms with Gasteiger partial charge in [-0.05, 0) is 45.0 Å². The molecule has 88 valence electrons. The molecule has 0 aliphatic carbocycles. The number of nitrogens with two attached hydrogens (primary N) is 1. The van der Waals surface area contributed by atoms with E-state index in [4.69, 9.17) is 5.73 Å². The molecule has 4 nitrogen and oxygen atoms in total. The number of hydrogen-bond acceptors (Lipinski definition) is 4. The fourth-order valence-electron chi connectivity index (χ4n) is 2.16. The Morgan fingerprint density at radius 3 is 3.12 bits per heavy atom. The molecule has 1 aliphatic rings. The van der Waals surface area contributed by atoms with Crippen LogP contribution in [0.15, 0.2) is 12.3 Å². The summed E-state index contributed by atoms with van der Waals surface area (Å²) in [5, 5.41) is 3.35. The van der Waals surface area contributed by atoms with Crippen molar-refractivity contribution >= 4 is 11.5 Å². The number of nitrogens with zero attached hydrogens (tertiary/aromatic N) is 2. The minimum atomic E-state index is 0.613. The van der Waals surface area contributed by atoms with Gasteiger partial charge in [-0.25, -0.2) is 4.98 Å². The van der Waals surface area contributed by atoms with Crippen molar-refractivity contribution < 1.29 is 0 Å². The van der Waals surface area contributed by atoms with E-state index in [-0.39, 0.29) is 0 Å². The molecule has 1 aromatic heterocycles. The van der Waals surface area contributed by atoms with Crippen molar-refractivity contribution in [1.29, 1.82) is 0 Å². The van der Waals surface area contributed by atoms with Crippen LogP contribution in [0.1, 0.15) is 18.4 Å². The molecule has 0 saturated carbocycles. The van der Waals surface area contributed by atoms with E-state index in [1.54, 1.807) is 6.20 Å². The van der Waals surface area contributed by atoms with Gasteiger partial charge in [-0.2, -0.15) is 0 Å². The van der Waals surface area contributed by atoms with E-state index in [0.717, 1.165) is 23.6 Å². The van der Waals surface area contributed by atoms with Gasteiger partial charge in [0.1, 0.15) is 5.82 Å². The highest BCUT2D eigenvalue weighted by Gasteiger charge is 2.20. The number of likely N-dealkylation sites (N-methyl/N-ethyl adjacent to an activating group) is 1. The maximum Gasteiger partial charge on any atom is 0.149 e. The van der Waals surface area contributed by atoms with Gasteiger partial charge in [0, 0.05) is 18.8 Å². The number of hydrogen-bond donors (Lipinski definition) is 2. The SMILES string of the molecule is Cc1ccnc(NCC2CCCN2C)c1N. The molecule has 1 atom stereocenters. The molecule has 1 unspecified atom stereocenters. The molecule has 0 bridgehead atoms. The molecule has 2 rings (SSSR count). The molecule has 1 aliphatic heterocycles. The maximum atomic E-state index is 5.96. The van der Waals surface area contributed by atoms with Gasteiger partial charge < -0.3 is 16.0 Å². The minimum Gasteiger partial charge on any atom is -0.396 e. The summed E-state index contributed by atoms with van der Waals surface area (Å²) in [5.74, 6) is 0.820. The number of nitrogen functional groups attached to an aromatic ring is 1. The largest absolute Gasteiger partial charge is 0.396 e. The Morgan fingerprint density at radius 2 is 2.44 bits per heavy atom. The van der Waals surface area contributed by atoms with Crippen LogP contribution < -0.4 is 11.1 Å². The van der Waals surface area contributed by atoms with Gasteiger partial charge >= 0.3 is 0 Å². The topological polar surface area (TPSA) is 54.2 Å². The van der Waals surface area contributed by atoms with Crippen molar-refractivity contribution in [3.8, 4) is 0 Å². The molecular weight excluding hydrogens is 200 g/mol. The van der Waals surface area contributed by atoms with Gasteiger partial charge in [-0.3, -0.25) is 0 Å². The summed E-state index contributed by atoms with van der Waals surface area (Å²) >= 11 is 0. The van der Waals surface area contributed by atoms with Crippen molar-refractivity contribution in [2.24, 2.45) is 0 Å². The fourth-order valence-corrected chi connectivity index (χ4v) is 2.16. The predicted molar refractivity (Wildman–Crippen MR) is 67.5 cm³/mol. The molecule has 16 heavy (non-hydrogen) atoms. The molecule has 3 N–H and O–H groups in total. The molecule has 1 saturated heterocycles. The Balaban J connectivity index is 1.96. The molecule has 1 fully saturated rings. The summed E-state index contributed by atoms with van der Waals surface area (Å²) in [6.45, 7) is 4.13. The van der Waals surface area contributed by atoms with Crippen molar-refractivity contribution in [1.82, 2.24) is 9.88 Å². The van der Waals surface area contributed by atoms with Gasteiger partial charge in [0.15, 0.2) is 0 Å². The third-order valence-electron chi connectivity index (χ3n) is 3.38. The summed E-state index contributed by atoms with van der Waals surface area (Å²) in [5.41, 5.74) is 7.81. The highest BCUT2D eigenvalue weighted by Crippen LogP contribution is 2.20. The van der Waals surface area contributed by atoms with Gasteiger partial charge in [0.05, 0.1) is 5.69 Å². The molecular formula is C12H20N4. The van der Waals surface area contributed by atoms with Gasteiger partial charge in [0.25, 0.3) is 0 Å². The highest BCUT2D eigenvalue weighted by molar-refractivity contribution is 5.64. The average molecular weight is 220 g/mol. The van der Waals surface area contributed by atoms with Crippen molar-refractivity contribution in [2.45, 2.75) is 25.8 Å². The van der Waals surface area contributed by atoms with Crippen LogP contribution in [0.5, 0.6) is 0 Å². The number of anilines is 2. The quantitative estimate of drug-likeness (QED) is 0.810. The van der Waals surface area contributed by atoms with Crippen molar-refractivity contribution in [3.63, 3.8) is 0 Å². The lowest BCUT2D eigenvalue weighted by Gasteiger charge is -2.20. The third-order valence-corrected chi connectivity index (χ3v) is 3.38. The first-order valence-corrected chi connectivity index (χ1v) is 5.83. The van der Waals surface area contributed by atoms with Crippen LogP contribution in [0.3, 0.4) is 0 Å². The molecule has 2 heterocycles. The van der Waals surface area contributed by atoms with Crippen LogP contribution in [0.25, 0.3) is 0 Å². The summed E-state index contributed by atoms with van der Waals surface area (Å²) in [6.07, 6.45) is 4.35. The molecule has 0 aromatic carbocycles. The Bertz CT molecular complexity index is 364. The second kappa shape index (κ2) is 4.70. The molecule has 4 heteroatoms. The fraction of sp³-hybridized carbons (Fsp3) is 0.583. The second-order valence-electron chi connectivity index (χ2n) is 4.55. The van der Waals surface area contributed by atoms with Gasteiger partial charge in [0.2, 0.25) is 0 Å². The zero-order valence-corrected chi connectivity index (χ0v) is 10.0. The zero-order chi connectivity index (χ0) is 11.5. The lowest BCUT2D eigenvalue weighted by molar-refractivity contribution is 0.322. The Morgan fingerprint density at radius 1 is 1.62 bits per heavy atom. The number of nitrogens with one attached hydrogen (secondary N) is 1. The van der Waals surface area contributed by atoms with Crippen LogP contribution in [0.2, 0.25) is 0 Å². The van der Waals surface area contributed by atoms with Crippen LogP contribution in [0.4, 0.5) is 11.5 Å². The molecule has 1 aromatic rings. The maximum absolute atomic E-state index is 5.96. The predicted octanol–water partition coefficient (Wildman–Crippen LogP) is 1.48. The standard InChI is InChI=1S/C12H20N4/c1-9-5-6-14-12(11(9)13)15-8-10-4-3-7-16(10)2/h5-6,10H,3-4,7-8,13H2,1-2H3,(H,14,15). The van der Waals surface area contributed by atoms with Gasteiger partial charge in [-0.1, -0.05) is 0 Å². The van der Waals surface area contributed by atoms with Crippen molar-refractivity contribution in [3.05, 3.63) is 17.8 Å². The smallest absolute Gasteiger partial charge is 0.149 e. The Kier molecular flexibility index (Phi) is 3.29. The second-order valence-corrected chi connectivity index (χ2v) is 4.55. The zero-order valence-electron chi connectivity index (χ0n) is 10.0. The number of rotatable bonds is 3. The molecule has 0 spiro atoms. The van der Waals surface area contributed by atoms with Crippen molar-refractivity contribution in [2.75, 3.05) is 31.2 Å². The Labute approximate surface area is 96.8 Å². The number of aryl methyl sites for hydroxylation is 1. The summed E-state index contributed by atoms with van der Waals surface area (Å²) in [7, 11) is 2.17. The lowest BCUT2D eigenvalue weighted by atomic mass is 10.2. The van der Waals surface area contributed by atoms with E-state index in [2.05, 4.69) is 22.2 Å². The van der Waals surface area contributed by atoms with E-state index in [9.17, 15) is 0 Å². The van der Waals surface area contributed by atoms with Crippen LogP contribution >= 0.6 is 0 Å². The third kappa shape index (κ3) is 2.27. The first-order valence-electron chi connectivity index (χ1n) is 5.83. The van der Waals surface area contributed by atoms with Crippen LogP contribution in [-0.2, 0) is 0 Å². The first kappa shape index (κ1) is 11.2. The Hall–Kier alpha value is -1.29. The normalized spacial score (nSPS) is 21.2. The minimum absolute atomic E-state index is 0.613. The summed E-state index contributed by atoms with van der Waals surface area (Å²) in [4.78, 5) is 6.66. The lowest BCUT2D eigenvalue weighted by Crippen LogP contribution is -2.31. The van der Waals surface area contributed by atoms with E-state index in [1.807, 2.05) is 13.0 Å². The number of likely N-dealkylation sites (tertiary alicyclic amines) is 1. The average Bonchev–Trinajstić information content (AvgIpc) is 2.67. The number of pyridine rings is 1. The molecule has 0 radical (unpaired) electrons. The van der Waals surface area contributed by atoms with E-state index in [1.165, 1.54) is 19.4 Å². The van der Waals surface area contributed by atoms with E-state index < -0.39 is 0 Å².